The van der Waals surface area contributed by atoms with Gasteiger partial charge in [-0.25, -0.2) is 9.78 Å². The van der Waals surface area contributed by atoms with Crippen LogP contribution in [0.25, 0.3) is 11.3 Å². The third kappa shape index (κ3) is 2.70. The molecule has 2 N–H and O–H groups in total. The minimum Gasteiger partial charge on any atom is -0.479 e. The molecule has 0 spiro atoms. The van der Waals surface area contributed by atoms with Gasteiger partial charge in [-0.3, -0.25) is 0 Å². The third-order valence-electron chi connectivity index (χ3n) is 2.37. The fourth-order valence-electron chi connectivity index (χ4n) is 1.45. The maximum atomic E-state index is 10.8. The molecular weight excluding hydrogens is 300 g/mol. The molecule has 5 nitrogen and oxygen atoms in total. The summed E-state index contributed by atoms with van der Waals surface area (Å²) < 4.78 is 6.28. The molecular formula is C12H11BrN2O3. The molecule has 0 unspecified atom stereocenters. The largest absolute Gasteiger partial charge is 0.479 e. The third-order valence-corrected chi connectivity index (χ3v) is 2.86. The maximum absolute atomic E-state index is 10.8. The topological polar surface area (TPSA) is 75.2 Å². The average Bonchev–Trinajstić information content (AvgIpc) is 2.84. The zero-order valence-electron chi connectivity index (χ0n) is 9.55. The average molecular weight is 311 g/mol. The molecule has 1 aromatic carbocycles. The number of carbonyl (C=O) groups is 1. The lowest BCUT2D eigenvalue weighted by atomic mass is 10.1. The van der Waals surface area contributed by atoms with E-state index in [1.54, 1.807) is 24.7 Å². The number of ether oxygens (including phenoxy) is 1. The Morgan fingerprint density at radius 3 is 2.94 bits per heavy atom. The van der Waals surface area contributed by atoms with E-state index in [4.69, 9.17) is 9.84 Å². The summed E-state index contributed by atoms with van der Waals surface area (Å²) in [6.07, 6.45) is 2.37. The molecule has 0 aliphatic carbocycles. The SMILES string of the molecule is C[C@H](Oc1ccc(Br)cc1-c1c[nH]cn1)C(=O)O. The molecule has 0 fully saturated rings. The van der Waals surface area contributed by atoms with Crippen LogP contribution in [-0.2, 0) is 4.79 Å². The smallest absolute Gasteiger partial charge is 0.344 e. The maximum Gasteiger partial charge on any atom is 0.344 e. The van der Waals surface area contributed by atoms with E-state index in [1.165, 1.54) is 6.92 Å². The number of nitrogens with zero attached hydrogens (tertiary/aromatic N) is 1. The highest BCUT2D eigenvalue weighted by Crippen LogP contribution is 2.32. The first-order valence-corrected chi connectivity index (χ1v) is 6.05. The molecule has 2 rings (SSSR count). The number of benzene rings is 1. The van der Waals surface area contributed by atoms with E-state index in [1.807, 2.05) is 6.07 Å². The Balaban J connectivity index is 2.38. The minimum absolute atomic E-state index is 0.486. The van der Waals surface area contributed by atoms with Crippen molar-refractivity contribution in [2.45, 2.75) is 13.0 Å². The number of aromatic nitrogens is 2. The highest BCUT2D eigenvalue weighted by Gasteiger charge is 2.16. The normalized spacial score (nSPS) is 12.1. The van der Waals surface area contributed by atoms with E-state index in [0.717, 1.165) is 10.0 Å². The summed E-state index contributed by atoms with van der Waals surface area (Å²) in [4.78, 5) is 17.8. The molecule has 1 atom stereocenters. The van der Waals surface area contributed by atoms with Gasteiger partial charge < -0.3 is 14.8 Å². The zero-order chi connectivity index (χ0) is 13.1. The fourth-order valence-corrected chi connectivity index (χ4v) is 1.81. The second kappa shape index (κ2) is 5.22. The van der Waals surface area contributed by atoms with Crippen LogP contribution in [0.2, 0.25) is 0 Å². The van der Waals surface area contributed by atoms with Crippen LogP contribution >= 0.6 is 15.9 Å². The van der Waals surface area contributed by atoms with Crippen molar-refractivity contribution in [3.05, 3.63) is 35.2 Å². The lowest BCUT2D eigenvalue weighted by Gasteiger charge is -2.13. The van der Waals surface area contributed by atoms with Gasteiger partial charge in [-0.1, -0.05) is 15.9 Å². The van der Waals surface area contributed by atoms with Gasteiger partial charge in [0.25, 0.3) is 0 Å². The number of carboxylic acids is 1. The Labute approximate surface area is 112 Å². The Morgan fingerprint density at radius 2 is 2.33 bits per heavy atom. The van der Waals surface area contributed by atoms with Crippen LogP contribution in [0.4, 0.5) is 0 Å². The Hall–Kier alpha value is -1.82. The lowest BCUT2D eigenvalue weighted by molar-refractivity contribution is -0.144. The van der Waals surface area contributed by atoms with Crippen molar-refractivity contribution >= 4 is 21.9 Å². The Morgan fingerprint density at radius 1 is 1.56 bits per heavy atom. The molecule has 94 valence electrons. The van der Waals surface area contributed by atoms with Gasteiger partial charge in [0, 0.05) is 16.2 Å². The number of aromatic amines is 1. The number of halogens is 1. The predicted octanol–water partition coefficient (Wildman–Crippen LogP) is 2.69. The summed E-state index contributed by atoms with van der Waals surface area (Å²) in [7, 11) is 0. The second-order valence-corrected chi connectivity index (χ2v) is 4.61. The number of imidazole rings is 1. The standard InChI is InChI=1S/C12H11BrN2O3/c1-7(12(16)17)18-11-3-2-8(13)4-9(11)10-5-14-6-15-10/h2-7H,1H3,(H,14,15)(H,16,17)/t7-/m0/s1. The van der Waals surface area contributed by atoms with Crippen molar-refractivity contribution < 1.29 is 14.6 Å². The molecule has 2 aromatic rings. The van der Waals surface area contributed by atoms with Crippen molar-refractivity contribution in [3.63, 3.8) is 0 Å². The molecule has 0 aliphatic rings. The van der Waals surface area contributed by atoms with Crippen LogP contribution in [0.5, 0.6) is 5.75 Å². The van der Waals surface area contributed by atoms with E-state index in [-0.39, 0.29) is 0 Å². The summed E-state index contributed by atoms with van der Waals surface area (Å²) in [6.45, 7) is 1.48. The summed E-state index contributed by atoms with van der Waals surface area (Å²) in [6, 6.07) is 5.34. The van der Waals surface area contributed by atoms with Crippen molar-refractivity contribution in [2.75, 3.05) is 0 Å². The molecule has 0 aliphatic heterocycles. The minimum atomic E-state index is -1.01. The summed E-state index contributed by atoms with van der Waals surface area (Å²) in [5.41, 5.74) is 1.43. The number of hydrogen-bond acceptors (Lipinski definition) is 3. The van der Waals surface area contributed by atoms with Gasteiger partial charge in [-0.15, -0.1) is 0 Å². The number of rotatable bonds is 4. The van der Waals surface area contributed by atoms with E-state index >= 15 is 0 Å². The monoisotopic (exact) mass is 310 g/mol. The van der Waals surface area contributed by atoms with Crippen LogP contribution in [0.1, 0.15) is 6.92 Å². The quantitative estimate of drug-likeness (QED) is 0.910. The molecule has 1 heterocycles. The van der Waals surface area contributed by atoms with E-state index in [9.17, 15) is 4.79 Å². The van der Waals surface area contributed by atoms with Crippen molar-refractivity contribution in [2.24, 2.45) is 0 Å². The van der Waals surface area contributed by atoms with Gasteiger partial charge in [0.1, 0.15) is 5.75 Å². The molecule has 0 radical (unpaired) electrons. The van der Waals surface area contributed by atoms with Crippen molar-refractivity contribution in [3.8, 4) is 17.0 Å². The number of hydrogen-bond donors (Lipinski definition) is 2. The summed E-state index contributed by atoms with van der Waals surface area (Å²) in [5, 5.41) is 8.86. The first-order chi connectivity index (χ1) is 8.58. The molecule has 6 heteroatoms. The molecule has 0 amide bonds. The van der Waals surface area contributed by atoms with E-state index in [0.29, 0.717) is 11.4 Å². The van der Waals surface area contributed by atoms with Crippen molar-refractivity contribution in [1.82, 2.24) is 9.97 Å². The van der Waals surface area contributed by atoms with Crippen LogP contribution in [0.15, 0.2) is 35.2 Å². The van der Waals surface area contributed by atoms with Gasteiger partial charge in [-0.05, 0) is 25.1 Å². The number of nitrogens with one attached hydrogen (secondary N) is 1. The fraction of sp³-hybridized carbons (Fsp3) is 0.167. The number of carboxylic acid groups (broad SMARTS) is 1. The summed E-state index contributed by atoms with van der Waals surface area (Å²) in [5.74, 6) is -0.522. The zero-order valence-corrected chi connectivity index (χ0v) is 11.1. The second-order valence-electron chi connectivity index (χ2n) is 3.69. The van der Waals surface area contributed by atoms with Crippen LogP contribution in [0.3, 0.4) is 0 Å². The number of aliphatic carboxylic acids is 1. The number of H-pyrrole nitrogens is 1. The first-order valence-electron chi connectivity index (χ1n) is 5.26. The molecule has 0 bridgehead atoms. The van der Waals surface area contributed by atoms with Crippen LogP contribution in [0, 0.1) is 0 Å². The Kier molecular flexibility index (Phi) is 3.66. The highest BCUT2D eigenvalue weighted by atomic mass is 79.9. The van der Waals surface area contributed by atoms with E-state index in [2.05, 4.69) is 25.9 Å². The molecule has 1 aromatic heterocycles. The molecule has 0 saturated heterocycles. The van der Waals surface area contributed by atoms with Crippen molar-refractivity contribution in [1.29, 1.82) is 0 Å². The molecule has 0 saturated carbocycles. The first kappa shape index (κ1) is 12.6. The van der Waals surface area contributed by atoms with Crippen LogP contribution in [-0.4, -0.2) is 27.1 Å². The van der Waals surface area contributed by atoms with Gasteiger partial charge in [-0.2, -0.15) is 0 Å². The molecule has 18 heavy (non-hydrogen) atoms. The van der Waals surface area contributed by atoms with Crippen LogP contribution < -0.4 is 4.74 Å². The van der Waals surface area contributed by atoms with Gasteiger partial charge in [0.2, 0.25) is 0 Å². The highest BCUT2D eigenvalue weighted by molar-refractivity contribution is 9.10. The van der Waals surface area contributed by atoms with Gasteiger partial charge in [0.15, 0.2) is 6.10 Å². The van der Waals surface area contributed by atoms with E-state index < -0.39 is 12.1 Å². The lowest BCUT2D eigenvalue weighted by Crippen LogP contribution is -2.23. The van der Waals surface area contributed by atoms with Gasteiger partial charge >= 0.3 is 5.97 Å². The predicted molar refractivity (Wildman–Crippen MR) is 69.4 cm³/mol. The summed E-state index contributed by atoms with van der Waals surface area (Å²) >= 11 is 3.37. The Bertz CT molecular complexity index is 554. The van der Waals surface area contributed by atoms with Gasteiger partial charge in [0.05, 0.1) is 12.0 Å².